The van der Waals surface area contributed by atoms with Gasteiger partial charge in [-0.1, -0.05) is 12.1 Å². The molecular weight excluding hydrogens is 230 g/mol. The van der Waals surface area contributed by atoms with Crippen LogP contribution in [0.1, 0.15) is 12.5 Å². The van der Waals surface area contributed by atoms with E-state index in [0.29, 0.717) is 24.0 Å². The molecule has 4 heteroatoms. The maximum atomic E-state index is 9.06. The number of hydrogen-bond donors (Lipinski definition) is 1. The number of para-hydroxylation sites is 2. The molecule has 2 rings (SSSR count). The molecule has 0 saturated heterocycles. The van der Waals surface area contributed by atoms with E-state index in [4.69, 9.17) is 14.6 Å². The van der Waals surface area contributed by atoms with Crippen molar-refractivity contribution in [2.45, 2.75) is 13.5 Å². The summed E-state index contributed by atoms with van der Waals surface area (Å²) in [7, 11) is 0. The molecule has 1 heterocycles. The molecule has 0 aliphatic heterocycles. The molecule has 0 bridgehead atoms. The first-order chi connectivity index (χ1) is 8.83. The van der Waals surface area contributed by atoms with Gasteiger partial charge in [-0.25, -0.2) is 4.98 Å². The van der Waals surface area contributed by atoms with E-state index in [9.17, 15) is 0 Å². The fourth-order valence-electron chi connectivity index (χ4n) is 1.53. The van der Waals surface area contributed by atoms with Crippen molar-refractivity contribution in [3.63, 3.8) is 0 Å². The zero-order valence-electron chi connectivity index (χ0n) is 10.2. The molecule has 0 aliphatic rings. The van der Waals surface area contributed by atoms with Crippen molar-refractivity contribution in [1.82, 2.24) is 4.98 Å². The first kappa shape index (κ1) is 12.4. The Morgan fingerprint density at radius 2 is 1.94 bits per heavy atom. The molecule has 0 fully saturated rings. The van der Waals surface area contributed by atoms with Crippen LogP contribution in [0.25, 0.3) is 0 Å². The van der Waals surface area contributed by atoms with Gasteiger partial charge >= 0.3 is 0 Å². The molecule has 2 aromatic rings. The van der Waals surface area contributed by atoms with Gasteiger partial charge < -0.3 is 14.6 Å². The van der Waals surface area contributed by atoms with Crippen molar-refractivity contribution in [3.05, 3.63) is 48.2 Å². The van der Waals surface area contributed by atoms with E-state index >= 15 is 0 Å². The summed E-state index contributed by atoms with van der Waals surface area (Å²) in [5, 5.41) is 9.06. The van der Waals surface area contributed by atoms with E-state index < -0.39 is 0 Å². The number of ether oxygens (including phenoxy) is 2. The van der Waals surface area contributed by atoms with Crippen LogP contribution in [0, 0.1) is 0 Å². The summed E-state index contributed by atoms with van der Waals surface area (Å²) in [5.74, 6) is 1.73. The molecule has 0 spiro atoms. The van der Waals surface area contributed by atoms with Crippen LogP contribution in [-0.4, -0.2) is 16.7 Å². The number of aliphatic hydroxyl groups excluding tert-OH is 1. The lowest BCUT2D eigenvalue weighted by Crippen LogP contribution is -1.96. The molecule has 0 radical (unpaired) electrons. The lowest BCUT2D eigenvalue weighted by atomic mass is 10.3. The van der Waals surface area contributed by atoms with Crippen LogP contribution in [0.2, 0.25) is 0 Å². The molecular formula is C14H15NO3. The Morgan fingerprint density at radius 3 is 2.67 bits per heavy atom. The zero-order chi connectivity index (χ0) is 12.8. The topological polar surface area (TPSA) is 51.6 Å². The second kappa shape index (κ2) is 6.02. The minimum absolute atomic E-state index is 0.0357. The smallest absolute Gasteiger partial charge is 0.219 e. The van der Waals surface area contributed by atoms with Crippen molar-refractivity contribution in [1.29, 1.82) is 0 Å². The van der Waals surface area contributed by atoms with E-state index in [1.165, 1.54) is 0 Å². The van der Waals surface area contributed by atoms with Crippen molar-refractivity contribution >= 4 is 0 Å². The Balaban J connectivity index is 2.22. The number of aromatic nitrogens is 1. The maximum absolute atomic E-state index is 9.06. The third-order valence-electron chi connectivity index (χ3n) is 2.35. The molecule has 1 N–H and O–H groups in total. The molecule has 0 saturated carbocycles. The predicted molar refractivity (Wildman–Crippen MR) is 67.8 cm³/mol. The fraction of sp³-hybridized carbons (Fsp3) is 0.214. The standard InChI is InChI=1S/C14H15NO3/c1-2-17-12-5-3-4-6-13(12)18-14-9-11(10-16)7-8-15-14/h3-9,16H,2,10H2,1H3. The number of rotatable bonds is 5. The lowest BCUT2D eigenvalue weighted by molar-refractivity contribution is 0.280. The molecule has 4 nitrogen and oxygen atoms in total. The minimum atomic E-state index is -0.0357. The Morgan fingerprint density at radius 1 is 1.17 bits per heavy atom. The zero-order valence-corrected chi connectivity index (χ0v) is 10.2. The van der Waals surface area contributed by atoms with Gasteiger partial charge in [0.15, 0.2) is 11.5 Å². The number of pyridine rings is 1. The summed E-state index contributed by atoms with van der Waals surface area (Å²) in [5.41, 5.74) is 0.758. The Hall–Kier alpha value is -2.07. The van der Waals surface area contributed by atoms with Gasteiger partial charge in [-0.15, -0.1) is 0 Å². The average Bonchev–Trinajstić information content (AvgIpc) is 2.41. The van der Waals surface area contributed by atoms with Crippen molar-refractivity contribution < 1.29 is 14.6 Å². The van der Waals surface area contributed by atoms with Gasteiger partial charge in [0.2, 0.25) is 5.88 Å². The number of benzene rings is 1. The SMILES string of the molecule is CCOc1ccccc1Oc1cc(CO)ccn1. The summed E-state index contributed by atoms with van der Waals surface area (Å²) >= 11 is 0. The van der Waals surface area contributed by atoms with Gasteiger partial charge in [-0.3, -0.25) is 0 Å². The molecule has 0 amide bonds. The van der Waals surface area contributed by atoms with Gasteiger partial charge in [0.25, 0.3) is 0 Å². The van der Waals surface area contributed by atoms with E-state index in [1.54, 1.807) is 18.3 Å². The Kier molecular flexibility index (Phi) is 4.15. The van der Waals surface area contributed by atoms with Crippen LogP contribution in [-0.2, 0) is 6.61 Å². The van der Waals surface area contributed by atoms with Crippen LogP contribution in [0.3, 0.4) is 0 Å². The van der Waals surface area contributed by atoms with Gasteiger partial charge in [0.1, 0.15) is 0 Å². The Bertz CT molecular complexity index is 514. The van der Waals surface area contributed by atoms with Gasteiger partial charge in [-0.2, -0.15) is 0 Å². The van der Waals surface area contributed by atoms with Gasteiger partial charge in [0.05, 0.1) is 13.2 Å². The van der Waals surface area contributed by atoms with Crippen LogP contribution in [0.5, 0.6) is 17.4 Å². The summed E-state index contributed by atoms with van der Waals surface area (Å²) in [6.45, 7) is 2.46. The number of hydrogen-bond acceptors (Lipinski definition) is 4. The second-order valence-electron chi connectivity index (χ2n) is 3.64. The van der Waals surface area contributed by atoms with Crippen molar-refractivity contribution in [2.75, 3.05) is 6.61 Å². The first-order valence-electron chi connectivity index (χ1n) is 5.79. The highest BCUT2D eigenvalue weighted by Crippen LogP contribution is 2.30. The molecule has 0 unspecified atom stereocenters. The van der Waals surface area contributed by atoms with E-state index in [-0.39, 0.29) is 6.61 Å². The van der Waals surface area contributed by atoms with Crippen molar-refractivity contribution in [2.24, 2.45) is 0 Å². The second-order valence-corrected chi connectivity index (χ2v) is 3.64. The summed E-state index contributed by atoms with van der Waals surface area (Å²) in [6, 6.07) is 10.8. The molecule has 1 aromatic heterocycles. The largest absolute Gasteiger partial charge is 0.490 e. The third kappa shape index (κ3) is 2.99. The van der Waals surface area contributed by atoms with E-state index in [2.05, 4.69) is 4.98 Å². The summed E-state index contributed by atoms with van der Waals surface area (Å²) < 4.78 is 11.1. The van der Waals surface area contributed by atoms with E-state index in [0.717, 1.165) is 5.56 Å². The predicted octanol–water partition coefficient (Wildman–Crippen LogP) is 2.76. The molecule has 18 heavy (non-hydrogen) atoms. The number of nitrogens with zero attached hydrogens (tertiary/aromatic N) is 1. The monoisotopic (exact) mass is 245 g/mol. The highest BCUT2D eigenvalue weighted by molar-refractivity contribution is 5.41. The van der Waals surface area contributed by atoms with Crippen LogP contribution in [0.15, 0.2) is 42.6 Å². The van der Waals surface area contributed by atoms with Gasteiger partial charge in [0, 0.05) is 12.3 Å². The lowest BCUT2D eigenvalue weighted by Gasteiger charge is -2.10. The molecule has 94 valence electrons. The average molecular weight is 245 g/mol. The first-order valence-corrected chi connectivity index (χ1v) is 5.79. The minimum Gasteiger partial charge on any atom is -0.490 e. The summed E-state index contributed by atoms with van der Waals surface area (Å²) in [6.07, 6.45) is 1.60. The summed E-state index contributed by atoms with van der Waals surface area (Å²) in [4.78, 5) is 4.09. The van der Waals surface area contributed by atoms with Crippen LogP contribution in [0.4, 0.5) is 0 Å². The Labute approximate surface area is 106 Å². The molecule has 1 aromatic carbocycles. The molecule has 0 atom stereocenters. The fourth-order valence-corrected chi connectivity index (χ4v) is 1.53. The maximum Gasteiger partial charge on any atom is 0.219 e. The van der Waals surface area contributed by atoms with Crippen molar-refractivity contribution in [3.8, 4) is 17.4 Å². The van der Waals surface area contributed by atoms with E-state index in [1.807, 2.05) is 31.2 Å². The normalized spacial score (nSPS) is 10.1. The highest BCUT2D eigenvalue weighted by atomic mass is 16.5. The quantitative estimate of drug-likeness (QED) is 0.880. The van der Waals surface area contributed by atoms with Crippen LogP contribution >= 0.6 is 0 Å². The molecule has 0 aliphatic carbocycles. The van der Waals surface area contributed by atoms with Crippen LogP contribution < -0.4 is 9.47 Å². The third-order valence-corrected chi connectivity index (χ3v) is 2.35. The van der Waals surface area contributed by atoms with Gasteiger partial charge in [-0.05, 0) is 30.7 Å². The number of aliphatic hydroxyl groups is 1. The highest BCUT2D eigenvalue weighted by Gasteiger charge is 2.06.